The van der Waals surface area contributed by atoms with Gasteiger partial charge in [-0.15, -0.1) is 5.10 Å². The molecule has 0 aliphatic carbocycles. The topological polar surface area (TPSA) is 156 Å². The molecule has 2 aromatic carbocycles. The Balaban J connectivity index is 1.69. The third kappa shape index (κ3) is 4.95. The molecule has 0 atom stereocenters. The number of nitrogens with two attached hydrogens (primary N) is 1. The molecule has 0 unspecified atom stereocenters. The van der Waals surface area contributed by atoms with Crippen molar-refractivity contribution in [2.75, 3.05) is 19.5 Å². The van der Waals surface area contributed by atoms with Gasteiger partial charge in [0.2, 0.25) is 11.6 Å². The highest BCUT2D eigenvalue weighted by Gasteiger charge is 2.25. The number of nitrogen functional groups attached to an aromatic ring is 1. The summed E-state index contributed by atoms with van der Waals surface area (Å²) in [7, 11) is 1.57. The van der Waals surface area contributed by atoms with Crippen LogP contribution in [-0.4, -0.2) is 50.6 Å². The van der Waals surface area contributed by atoms with Crippen LogP contribution in [0, 0.1) is 0 Å². The highest BCUT2D eigenvalue weighted by Crippen LogP contribution is 2.28. The van der Waals surface area contributed by atoms with Crippen LogP contribution in [-0.2, 0) is 0 Å². The molecular weight excluding hydrogens is 452 g/mol. The molecule has 12 nitrogen and oxygen atoms in total. The van der Waals surface area contributed by atoms with Gasteiger partial charge in [-0.1, -0.05) is 24.3 Å². The first kappa shape index (κ1) is 23.4. The van der Waals surface area contributed by atoms with Crippen molar-refractivity contribution in [3.63, 3.8) is 0 Å². The predicted octanol–water partition coefficient (Wildman–Crippen LogP) is 2.85. The fourth-order valence-electron chi connectivity index (χ4n) is 3.30. The average Bonchev–Trinajstić information content (AvgIpc) is 3.52. The molecule has 4 rings (SSSR count). The standard InChI is InChI=1S/C23H24N8O4/c1-4-13-34-16-11-9-15(10-12-16)20-19(26-30-31(20)22-21(24)28-35-29-22)23(32)27-25-14(2)17-7-5-6-8-18(17)33-3/h5-12H,4,13H2,1-3H3,(H2,24,28)(H,27,32). The SMILES string of the molecule is CCCOc1ccc(-c2c(C(=O)NN=C(C)c3ccccc3OC)nnn2-c2nonc2N)cc1. The van der Waals surface area contributed by atoms with Crippen LogP contribution in [0.15, 0.2) is 58.3 Å². The summed E-state index contributed by atoms with van der Waals surface area (Å²) in [6.07, 6.45) is 0.885. The van der Waals surface area contributed by atoms with Crippen LogP contribution in [0.4, 0.5) is 5.82 Å². The van der Waals surface area contributed by atoms with Crippen LogP contribution >= 0.6 is 0 Å². The van der Waals surface area contributed by atoms with Crippen molar-refractivity contribution in [2.24, 2.45) is 5.10 Å². The molecule has 0 radical (unpaired) electrons. The molecule has 0 aliphatic rings. The molecule has 0 bridgehead atoms. The Morgan fingerprint density at radius 2 is 1.94 bits per heavy atom. The maximum atomic E-state index is 13.1. The number of hydrogen-bond acceptors (Lipinski definition) is 10. The number of methoxy groups -OCH3 is 1. The summed E-state index contributed by atoms with van der Waals surface area (Å²) in [5.74, 6) is 0.846. The Kier molecular flexibility index (Phi) is 7.00. The number of benzene rings is 2. The largest absolute Gasteiger partial charge is 0.496 e. The Labute approximate surface area is 200 Å². The lowest BCUT2D eigenvalue weighted by molar-refractivity contribution is 0.0950. The number of hydrogen-bond donors (Lipinski definition) is 2. The van der Waals surface area contributed by atoms with E-state index < -0.39 is 5.91 Å². The number of para-hydroxylation sites is 1. The van der Waals surface area contributed by atoms with Gasteiger partial charge in [-0.2, -0.15) is 9.78 Å². The number of aromatic nitrogens is 5. The molecule has 0 aliphatic heterocycles. The predicted molar refractivity (Wildman–Crippen MR) is 128 cm³/mol. The van der Waals surface area contributed by atoms with Crippen molar-refractivity contribution in [1.82, 2.24) is 30.7 Å². The van der Waals surface area contributed by atoms with Crippen LogP contribution in [0.2, 0.25) is 0 Å². The van der Waals surface area contributed by atoms with Crippen molar-refractivity contribution in [3.05, 3.63) is 59.8 Å². The number of nitrogens with zero attached hydrogens (tertiary/aromatic N) is 6. The van der Waals surface area contributed by atoms with E-state index in [4.69, 9.17) is 19.8 Å². The molecular formula is C23H24N8O4. The normalized spacial score (nSPS) is 11.3. The van der Waals surface area contributed by atoms with Crippen molar-refractivity contribution in [1.29, 1.82) is 0 Å². The maximum Gasteiger partial charge on any atom is 0.294 e. The van der Waals surface area contributed by atoms with E-state index in [0.29, 0.717) is 35.1 Å². The molecule has 0 fully saturated rings. The lowest BCUT2D eigenvalue weighted by Crippen LogP contribution is -2.21. The lowest BCUT2D eigenvalue weighted by Gasteiger charge is -2.09. The number of anilines is 1. The van der Waals surface area contributed by atoms with E-state index in [1.54, 1.807) is 38.3 Å². The molecule has 2 heterocycles. The highest BCUT2D eigenvalue weighted by atomic mass is 16.6. The van der Waals surface area contributed by atoms with Crippen molar-refractivity contribution >= 4 is 17.4 Å². The summed E-state index contributed by atoms with van der Waals surface area (Å²) < 4.78 is 17.0. The number of carbonyl (C=O) groups excluding carboxylic acids is 1. The monoisotopic (exact) mass is 476 g/mol. The second-order valence-electron chi connectivity index (χ2n) is 7.38. The Morgan fingerprint density at radius 1 is 1.17 bits per heavy atom. The Bertz CT molecular complexity index is 1340. The smallest absolute Gasteiger partial charge is 0.294 e. The number of carbonyl (C=O) groups is 1. The number of ether oxygens (including phenoxy) is 2. The summed E-state index contributed by atoms with van der Waals surface area (Å²) in [4.78, 5) is 13.1. The van der Waals surface area contributed by atoms with E-state index in [9.17, 15) is 4.79 Å². The van der Waals surface area contributed by atoms with Gasteiger partial charge in [-0.05, 0) is 60.1 Å². The van der Waals surface area contributed by atoms with Gasteiger partial charge in [-0.25, -0.2) is 10.1 Å². The van der Waals surface area contributed by atoms with Crippen molar-refractivity contribution < 1.29 is 18.9 Å². The lowest BCUT2D eigenvalue weighted by atomic mass is 10.1. The Morgan fingerprint density at radius 3 is 2.63 bits per heavy atom. The first-order valence-electron chi connectivity index (χ1n) is 10.8. The minimum atomic E-state index is -0.582. The molecule has 4 aromatic rings. The van der Waals surface area contributed by atoms with Gasteiger partial charge in [-0.3, -0.25) is 4.79 Å². The maximum absolute atomic E-state index is 13.1. The van der Waals surface area contributed by atoms with Crippen LogP contribution in [0.3, 0.4) is 0 Å². The second kappa shape index (κ2) is 10.5. The molecule has 12 heteroatoms. The van der Waals surface area contributed by atoms with Gasteiger partial charge >= 0.3 is 0 Å². The quantitative estimate of drug-likeness (QED) is 0.274. The summed E-state index contributed by atoms with van der Waals surface area (Å²) in [5, 5.41) is 19.7. The van der Waals surface area contributed by atoms with Gasteiger partial charge in [0.15, 0.2) is 5.69 Å². The molecule has 3 N–H and O–H groups in total. The van der Waals surface area contributed by atoms with E-state index in [0.717, 1.165) is 12.0 Å². The summed E-state index contributed by atoms with van der Waals surface area (Å²) in [5.41, 5.74) is 10.6. The number of hydrazone groups is 1. The molecule has 0 saturated heterocycles. The van der Waals surface area contributed by atoms with E-state index in [1.165, 1.54) is 4.68 Å². The molecule has 2 aromatic heterocycles. The summed E-state index contributed by atoms with van der Waals surface area (Å²) in [6.45, 7) is 4.38. The Hall–Kier alpha value is -4.74. The zero-order valence-corrected chi connectivity index (χ0v) is 19.4. The van der Waals surface area contributed by atoms with Crippen LogP contribution in [0.5, 0.6) is 11.5 Å². The first-order valence-corrected chi connectivity index (χ1v) is 10.8. The van der Waals surface area contributed by atoms with Gasteiger partial charge in [0.05, 0.1) is 19.4 Å². The first-order chi connectivity index (χ1) is 17.0. The van der Waals surface area contributed by atoms with Gasteiger partial charge in [0.25, 0.3) is 5.91 Å². The minimum Gasteiger partial charge on any atom is -0.496 e. The number of nitrogens with one attached hydrogen (secondary N) is 1. The van der Waals surface area contributed by atoms with E-state index >= 15 is 0 Å². The van der Waals surface area contributed by atoms with Gasteiger partial charge in [0.1, 0.15) is 17.2 Å². The average molecular weight is 476 g/mol. The molecule has 180 valence electrons. The van der Waals surface area contributed by atoms with E-state index in [-0.39, 0.29) is 17.3 Å². The second-order valence-corrected chi connectivity index (χ2v) is 7.38. The minimum absolute atomic E-state index is 0.00366. The molecule has 0 spiro atoms. The van der Waals surface area contributed by atoms with E-state index in [2.05, 4.69) is 31.2 Å². The highest BCUT2D eigenvalue weighted by molar-refractivity contribution is 6.03. The van der Waals surface area contributed by atoms with Crippen molar-refractivity contribution in [3.8, 4) is 28.6 Å². The zero-order chi connectivity index (χ0) is 24.8. The van der Waals surface area contributed by atoms with Crippen LogP contribution in [0.1, 0.15) is 36.3 Å². The van der Waals surface area contributed by atoms with E-state index in [1.807, 2.05) is 31.2 Å². The summed E-state index contributed by atoms with van der Waals surface area (Å²) >= 11 is 0. The van der Waals surface area contributed by atoms with Crippen molar-refractivity contribution in [2.45, 2.75) is 20.3 Å². The van der Waals surface area contributed by atoms with Gasteiger partial charge in [0, 0.05) is 11.1 Å². The third-order valence-corrected chi connectivity index (χ3v) is 5.00. The van der Waals surface area contributed by atoms with Crippen LogP contribution < -0.4 is 20.6 Å². The zero-order valence-electron chi connectivity index (χ0n) is 19.4. The summed E-state index contributed by atoms with van der Waals surface area (Å²) in [6, 6.07) is 14.5. The molecule has 1 amide bonds. The van der Waals surface area contributed by atoms with Crippen LogP contribution in [0.25, 0.3) is 17.1 Å². The number of amides is 1. The number of rotatable bonds is 9. The van der Waals surface area contributed by atoms with Gasteiger partial charge < -0.3 is 15.2 Å². The fourth-order valence-corrected chi connectivity index (χ4v) is 3.30. The molecule has 35 heavy (non-hydrogen) atoms. The third-order valence-electron chi connectivity index (χ3n) is 5.00. The fraction of sp³-hybridized carbons (Fsp3) is 0.217. The molecule has 0 saturated carbocycles.